The molecule has 14 heavy (non-hydrogen) atoms. The van der Waals surface area contributed by atoms with E-state index in [0.29, 0.717) is 5.92 Å². The Morgan fingerprint density at radius 3 is 2.14 bits per heavy atom. The van der Waals surface area contributed by atoms with Gasteiger partial charge in [-0.3, -0.25) is 0 Å². The van der Waals surface area contributed by atoms with Crippen molar-refractivity contribution in [3.8, 4) is 0 Å². The third kappa shape index (κ3) is 2.29. The molecule has 0 spiro atoms. The molecule has 1 saturated carbocycles. The van der Waals surface area contributed by atoms with E-state index in [1.54, 1.807) is 7.11 Å². The van der Waals surface area contributed by atoms with Gasteiger partial charge < -0.3 is 9.84 Å². The summed E-state index contributed by atoms with van der Waals surface area (Å²) in [6, 6.07) is 0. The highest BCUT2D eigenvalue weighted by Gasteiger charge is 2.43. The summed E-state index contributed by atoms with van der Waals surface area (Å²) in [7, 11) is 1.73. The van der Waals surface area contributed by atoms with Crippen LogP contribution in [0.3, 0.4) is 0 Å². The lowest BCUT2D eigenvalue weighted by molar-refractivity contribution is -0.155. The second-order valence-corrected chi connectivity index (χ2v) is 4.56. The second kappa shape index (κ2) is 5.13. The van der Waals surface area contributed by atoms with E-state index in [1.807, 2.05) is 0 Å². The average molecular weight is 200 g/mol. The molecule has 1 rings (SSSR count). The maximum absolute atomic E-state index is 10.1. The van der Waals surface area contributed by atoms with E-state index in [2.05, 4.69) is 13.8 Å². The molecule has 1 unspecified atom stereocenters. The monoisotopic (exact) mass is 200 g/mol. The Morgan fingerprint density at radius 2 is 1.86 bits per heavy atom. The zero-order valence-corrected chi connectivity index (χ0v) is 9.75. The molecule has 2 nitrogen and oxygen atoms in total. The van der Waals surface area contributed by atoms with Crippen LogP contribution in [0.15, 0.2) is 0 Å². The smallest absolute Gasteiger partial charge is 0.0936 e. The highest BCUT2D eigenvalue weighted by molar-refractivity contribution is 4.96. The van der Waals surface area contributed by atoms with Crippen LogP contribution in [0.1, 0.15) is 52.4 Å². The van der Waals surface area contributed by atoms with E-state index >= 15 is 0 Å². The summed E-state index contributed by atoms with van der Waals surface area (Å²) >= 11 is 0. The molecule has 0 saturated heterocycles. The summed E-state index contributed by atoms with van der Waals surface area (Å²) in [4.78, 5) is 0. The summed E-state index contributed by atoms with van der Waals surface area (Å²) in [5.74, 6) is 0.651. The molecule has 0 amide bonds. The lowest BCUT2D eigenvalue weighted by Gasteiger charge is -2.45. The van der Waals surface area contributed by atoms with Crippen molar-refractivity contribution in [2.45, 2.75) is 64.1 Å². The number of rotatable bonds is 6. The van der Waals surface area contributed by atoms with Gasteiger partial charge in [-0.25, -0.2) is 0 Å². The molecule has 0 bridgehead atoms. The van der Waals surface area contributed by atoms with Gasteiger partial charge in [0.05, 0.1) is 11.7 Å². The van der Waals surface area contributed by atoms with E-state index < -0.39 is 0 Å². The minimum Gasteiger partial charge on any atom is -0.390 e. The quantitative estimate of drug-likeness (QED) is 0.714. The fourth-order valence-electron chi connectivity index (χ4n) is 2.35. The van der Waals surface area contributed by atoms with Crippen molar-refractivity contribution in [1.29, 1.82) is 0 Å². The Balaban J connectivity index is 2.43. The van der Waals surface area contributed by atoms with Gasteiger partial charge in [0.2, 0.25) is 0 Å². The van der Waals surface area contributed by atoms with Crippen molar-refractivity contribution in [3.63, 3.8) is 0 Å². The molecule has 1 aliphatic rings. The molecule has 84 valence electrons. The molecule has 1 aliphatic carbocycles. The fourth-order valence-corrected chi connectivity index (χ4v) is 2.35. The fraction of sp³-hybridized carbons (Fsp3) is 1.00. The standard InChI is InChI=1S/C12H24O2/c1-4-10(5-2)9-11(13)12(14-3)7-6-8-12/h10-11,13H,4-9H2,1-3H3. The van der Waals surface area contributed by atoms with Crippen molar-refractivity contribution in [2.24, 2.45) is 5.92 Å². The van der Waals surface area contributed by atoms with Gasteiger partial charge >= 0.3 is 0 Å². The van der Waals surface area contributed by atoms with Gasteiger partial charge in [0.15, 0.2) is 0 Å². The topological polar surface area (TPSA) is 29.5 Å². The minimum absolute atomic E-state index is 0.192. The third-order valence-electron chi connectivity index (χ3n) is 3.93. The lowest BCUT2D eigenvalue weighted by atomic mass is 9.73. The van der Waals surface area contributed by atoms with Crippen molar-refractivity contribution in [2.75, 3.05) is 7.11 Å². The van der Waals surface area contributed by atoms with E-state index in [9.17, 15) is 5.11 Å². The number of hydrogen-bond donors (Lipinski definition) is 1. The summed E-state index contributed by atoms with van der Waals surface area (Å²) in [6.07, 6.45) is 6.23. The predicted octanol–water partition coefficient (Wildman–Crippen LogP) is 2.74. The number of aliphatic hydroxyl groups excluding tert-OH is 1. The molecule has 0 radical (unpaired) electrons. The molecule has 1 fully saturated rings. The van der Waals surface area contributed by atoms with Crippen LogP contribution in [-0.4, -0.2) is 23.9 Å². The van der Waals surface area contributed by atoms with Crippen LogP contribution < -0.4 is 0 Å². The normalized spacial score (nSPS) is 22.1. The Hall–Kier alpha value is -0.0800. The van der Waals surface area contributed by atoms with Gasteiger partial charge in [-0.2, -0.15) is 0 Å². The van der Waals surface area contributed by atoms with Crippen molar-refractivity contribution >= 4 is 0 Å². The maximum atomic E-state index is 10.1. The first-order valence-corrected chi connectivity index (χ1v) is 5.91. The van der Waals surface area contributed by atoms with Gasteiger partial charge in [0, 0.05) is 7.11 Å². The molecule has 0 aliphatic heterocycles. The van der Waals surface area contributed by atoms with Crippen LogP contribution in [-0.2, 0) is 4.74 Å². The van der Waals surface area contributed by atoms with Crippen LogP contribution in [0.25, 0.3) is 0 Å². The Kier molecular flexibility index (Phi) is 4.39. The van der Waals surface area contributed by atoms with E-state index in [-0.39, 0.29) is 11.7 Å². The molecule has 0 aromatic rings. The summed E-state index contributed by atoms with van der Waals surface area (Å²) in [5, 5.41) is 10.1. The third-order valence-corrected chi connectivity index (χ3v) is 3.93. The molecule has 0 aromatic carbocycles. The highest BCUT2D eigenvalue weighted by Crippen LogP contribution is 2.40. The molecule has 1 N–H and O–H groups in total. The maximum Gasteiger partial charge on any atom is 0.0936 e. The Morgan fingerprint density at radius 1 is 1.29 bits per heavy atom. The lowest BCUT2D eigenvalue weighted by Crippen LogP contribution is -2.50. The summed E-state index contributed by atoms with van der Waals surface area (Å²) in [5.41, 5.74) is -0.192. The van der Waals surface area contributed by atoms with Crippen molar-refractivity contribution in [1.82, 2.24) is 0 Å². The van der Waals surface area contributed by atoms with Gasteiger partial charge in [0.1, 0.15) is 0 Å². The van der Waals surface area contributed by atoms with Crippen LogP contribution >= 0.6 is 0 Å². The molecular formula is C12H24O2. The van der Waals surface area contributed by atoms with Gasteiger partial charge in [-0.1, -0.05) is 26.7 Å². The molecule has 0 aromatic heterocycles. The van der Waals surface area contributed by atoms with E-state index in [4.69, 9.17) is 4.74 Å². The summed E-state index contributed by atoms with van der Waals surface area (Å²) < 4.78 is 5.48. The first-order chi connectivity index (χ1) is 6.68. The first-order valence-electron chi connectivity index (χ1n) is 5.91. The Labute approximate surface area is 87.7 Å². The Bertz CT molecular complexity index is 154. The van der Waals surface area contributed by atoms with Crippen LogP contribution in [0, 0.1) is 5.92 Å². The first kappa shape index (κ1) is 12.0. The minimum atomic E-state index is -0.258. The average Bonchev–Trinajstić information content (AvgIpc) is 2.13. The van der Waals surface area contributed by atoms with Gasteiger partial charge in [0.25, 0.3) is 0 Å². The SMILES string of the molecule is CCC(CC)CC(O)C1(OC)CCC1. The zero-order chi connectivity index (χ0) is 10.6. The van der Waals surface area contributed by atoms with Crippen molar-refractivity contribution in [3.05, 3.63) is 0 Å². The van der Waals surface area contributed by atoms with E-state index in [0.717, 1.165) is 32.1 Å². The number of hydrogen-bond acceptors (Lipinski definition) is 2. The van der Waals surface area contributed by atoms with Crippen molar-refractivity contribution < 1.29 is 9.84 Å². The number of ether oxygens (including phenoxy) is 1. The van der Waals surface area contributed by atoms with Crippen LogP contribution in [0.4, 0.5) is 0 Å². The molecule has 2 heteroatoms. The van der Waals surface area contributed by atoms with Gasteiger partial charge in [-0.15, -0.1) is 0 Å². The van der Waals surface area contributed by atoms with E-state index in [1.165, 1.54) is 6.42 Å². The van der Waals surface area contributed by atoms with Crippen LogP contribution in [0.2, 0.25) is 0 Å². The largest absolute Gasteiger partial charge is 0.390 e. The predicted molar refractivity (Wildman–Crippen MR) is 58.3 cm³/mol. The number of aliphatic hydroxyl groups is 1. The zero-order valence-electron chi connectivity index (χ0n) is 9.75. The summed E-state index contributed by atoms with van der Waals surface area (Å²) in [6.45, 7) is 4.39. The molecular weight excluding hydrogens is 176 g/mol. The second-order valence-electron chi connectivity index (χ2n) is 4.56. The van der Waals surface area contributed by atoms with Gasteiger partial charge in [-0.05, 0) is 31.6 Å². The highest BCUT2D eigenvalue weighted by atomic mass is 16.5. The molecule has 0 heterocycles. The van der Waals surface area contributed by atoms with Crippen LogP contribution in [0.5, 0.6) is 0 Å². The number of methoxy groups -OCH3 is 1. The molecule has 1 atom stereocenters.